The van der Waals surface area contributed by atoms with Gasteiger partial charge in [0, 0.05) is 6.54 Å². The molecule has 0 unspecified atom stereocenters. The fraction of sp³-hybridized carbons (Fsp3) is 0.333. The summed E-state index contributed by atoms with van der Waals surface area (Å²) in [7, 11) is -4.53. The van der Waals surface area contributed by atoms with Crippen LogP contribution in [0.5, 0.6) is 0 Å². The third kappa shape index (κ3) is 3.93. The van der Waals surface area contributed by atoms with E-state index in [-0.39, 0.29) is 6.54 Å². The predicted octanol–water partition coefficient (Wildman–Crippen LogP) is 1.12. The smallest absolute Gasteiger partial charge is 0.326 e. The number of benzene rings is 1. The van der Waals surface area contributed by atoms with Gasteiger partial charge in [0.1, 0.15) is 17.3 Å². The number of nitrogens with one attached hydrogen (secondary N) is 1. The average molecular weight is 286 g/mol. The summed E-state index contributed by atoms with van der Waals surface area (Å²) in [6, 6.07) is 2.96. The molecule has 0 atom stereocenters. The van der Waals surface area contributed by atoms with Crippen molar-refractivity contribution in [2.45, 2.75) is 17.6 Å². The van der Waals surface area contributed by atoms with E-state index in [0.29, 0.717) is 5.56 Å². The SMILES string of the molecule is NCc1ccc(S(=O)(=O)NCC(F)(F)F)c(F)c1. The maximum atomic E-state index is 13.4. The first-order chi connectivity index (χ1) is 8.15. The van der Waals surface area contributed by atoms with Gasteiger partial charge in [-0.1, -0.05) is 6.07 Å². The van der Waals surface area contributed by atoms with Crippen molar-refractivity contribution in [3.05, 3.63) is 29.6 Å². The zero-order chi connectivity index (χ0) is 14.0. The highest BCUT2D eigenvalue weighted by atomic mass is 32.2. The van der Waals surface area contributed by atoms with E-state index in [4.69, 9.17) is 5.73 Å². The van der Waals surface area contributed by atoms with Crippen LogP contribution in [0.1, 0.15) is 5.56 Å². The van der Waals surface area contributed by atoms with Gasteiger partial charge in [0.15, 0.2) is 0 Å². The lowest BCUT2D eigenvalue weighted by molar-refractivity contribution is -0.121. The molecule has 18 heavy (non-hydrogen) atoms. The minimum absolute atomic E-state index is 0.00672. The standard InChI is InChI=1S/C9H10F4N2O2S/c10-7-3-6(4-14)1-2-8(7)18(16,17)15-5-9(11,12)13/h1-3,15H,4-5,14H2. The first-order valence-corrected chi connectivity index (χ1v) is 6.19. The number of alkyl halides is 3. The molecule has 1 rings (SSSR count). The summed E-state index contributed by atoms with van der Waals surface area (Å²) in [6.45, 7) is -1.76. The van der Waals surface area contributed by atoms with E-state index in [2.05, 4.69) is 0 Å². The van der Waals surface area contributed by atoms with Gasteiger partial charge in [0.2, 0.25) is 10.0 Å². The van der Waals surface area contributed by atoms with Gasteiger partial charge in [0.05, 0.1) is 0 Å². The molecule has 3 N–H and O–H groups in total. The van der Waals surface area contributed by atoms with Crippen LogP contribution in [0.15, 0.2) is 23.1 Å². The van der Waals surface area contributed by atoms with Crippen molar-refractivity contribution in [2.75, 3.05) is 6.54 Å². The van der Waals surface area contributed by atoms with Crippen molar-refractivity contribution in [1.82, 2.24) is 4.72 Å². The molecule has 0 aliphatic heterocycles. The van der Waals surface area contributed by atoms with Crippen LogP contribution in [0.25, 0.3) is 0 Å². The quantitative estimate of drug-likeness (QED) is 0.815. The number of nitrogens with two attached hydrogens (primary N) is 1. The highest BCUT2D eigenvalue weighted by Gasteiger charge is 2.30. The van der Waals surface area contributed by atoms with Crippen LogP contribution in [0, 0.1) is 5.82 Å². The Balaban J connectivity index is 2.99. The molecule has 0 heterocycles. The molecule has 0 saturated carbocycles. The van der Waals surface area contributed by atoms with Crippen LogP contribution in [0.3, 0.4) is 0 Å². The normalized spacial score (nSPS) is 12.7. The van der Waals surface area contributed by atoms with Crippen molar-refractivity contribution in [3.8, 4) is 0 Å². The van der Waals surface area contributed by atoms with E-state index < -0.39 is 33.5 Å². The summed E-state index contributed by atoms with van der Waals surface area (Å²) >= 11 is 0. The number of hydrogen-bond acceptors (Lipinski definition) is 3. The number of halogens is 4. The van der Waals surface area contributed by atoms with Gasteiger partial charge in [-0.15, -0.1) is 0 Å². The molecule has 0 amide bonds. The van der Waals surface area contributed by atoms with E-state index in [1.165, 1.54) is 10.8 Å². The van der Waals surface area contributed by atoms with E-state index in [1.807, 2.05) is 0 Å². The van der Waals surface area contributed by atoms with Crippen LogP contribution in [-0.4, -0.2) is 21.1 Å². The second kappa shape index (κ2) is 5.21. The Morgan fingerprint density at radius 3 is 2.33 bits per heavy atom. The Morgan fingerprint density at radius 2 is 1.89 bits per heavy atom. The summed E-state index contributed by atoms with van der Waals surface area (Å²) in [4.78, 5) is -0.844. The number of rotatable bonds is 4. The highest BCUT2D eigenvalue weighted by molar-refractivity contribution is 7.89. The third-order valence-corrected chi connectivity index (χ3v) is 3.42. The first-order valence-electron chi connectivity index (χ1n) is 4.70. The van der Waals surface area contributed by atoms with Crippen molar-refractivity contribution < 1.29 is 26.0 Å². The third-order valence-electron chi connectivity index (χ3n) is 1.98. The van der Waals surface area contributed by atoms with E-state index >= 15 is 0 Å². The van der Waals surface area contributed by atoms with Crippen molar-refractivity contribution in [1.29, 1.82) is 0 Å². The molecule has 4 nitrogen and oxygen atoms in total. The minimum Gasteiger partial charge on any atom is -0.326 e. The molecule has 0 aliphatic rings. The fourth-order valence-electron chi connectivity index (χ4n) is 1.14. The Labute approximate surface area is 101 Å². The average Bonchev–Trinajstić information content (AvgIpc) is 2.25. The minimum atomic E-state index is -4.71. The second-order valence-electron chi connectivity index (χ2n) is 3.41. The molecular weight excluding hydrogens is 276 g/mol. The first kappa shape index (κ1) is 14.9. The Bertz CT molecular complexity index is 528. The van der Waals surface area contributed by atoms with Crippen LogP contribution < -0.4 is 10.5 Å². The molecule has 1 aromatic carbocycles. The maximum absolute atomic E-state index is 13.4. The molecule has 0 radical (unpaired) electrons. The topological polar surface area (TPSA) is 72.2 Å². The Hall–Kier alpha value is -1.19. The van der Waals surface area contributed by atoms with Gasteiger partial charge >= 0.3 is 6.18 Å². The van der Waals surface area contributed by atoms with Crippen molar-refractivity contribution in [2.24, 2.45) is 5.73 Å². The van der Waals surface area contributed by atoms with Crippen LogP contribution in [0.2, 0.25) is 0 Å². The summed E-state index contributed by atoms with van der Waals surface area (Å²) in [5.74, 6) is -1.15. The second-order valence-corrected chi connectivity index (χ2v) is 5.14. The molecule has 0 spiro atoms. The van der Waals surface area contributed by atoms with Gasteiger partial charge in [0.25, 0.3) is 0 Å². The molecule has 9 heteroatoms. The van der Waals surface area contributed by atoms with Crippen molar-refractivity contribution >= 4 is 10.0 Å². The van der Waals surface area contributed by atoms with Gasteiger partial charge in [-0.05, 0) is 17.7 Å². The Kier molecular flexibility index (Phi) is 4.30. The van der Waals surface area contributed by atoms with Crippen LogP contribution in [-0.2, 0) is 16.6 Å². The number of hydrogen-bond donors (Lipinski definition) is 2. The predicted molar refractivity (Wildman–Crippen MR) is 55.5 cm³/mol. The Morgan fingerprint density at radius 1 is 1.28 bits per heavy atom. The van der Waals surface area contributed by atoms with E-state index in [0.717, 1.165) is 12.1 Å². The molecule has 0 aliphatic carbocycles. The molecule has 102 valence electrons. The molecule has 0 aromatic heterocycles. The van der Waals surface area contributed by atoms with E-state index in [9.17, 15) is 26.0 Å². The van der Waals surface area contributed by atoms with Gasteiger partial charge < -0.3 is 5.73 Å². The fourth-order valence-corrected chi connectivity index (χ4v) is 2.22. The van der Waals surface area contributed by atoms with Gasteiger partial charge in [-0.3, -0.25) is 0 Å². The molecule has 0 fully saturated rings. The monoisotopic (exact) mass is 286 g/mol. The lowest BCUT2D eigenvalue weighted by Gasteiger charge is -2.10. The highest BCUT2D eigenvalue weighted by Crippen LogP contribution is 2.18. The zero-order valence-electron chi connectivity index (χ0n) is 8.96. The largest absolute Gasteiger partial charge is 0.402 e. The number of sulfonamides is 1. The maximum Gasteiger partial charge on any atom is 0.402 e. The van der Waals surface area contributed by atoms with Gasteiger partial charge in [-0.25, -0.2) is 17.5 Å². The summed E-state index contributed by atoms with van der Waals surface area (Å²) in [6.07, 6.45) is -4.71. The molecule has 0 bridgehead atoms. The zero-order valence-corrected chi connectivity index (χ0v) is 9.78. The van der Waals surface area contributed by atoms with Crippen LogP contribution >= 0.6 is 0 Å². The summed E-state index contributed by atoms with van der Waals surface area (Å²) < 4.78 is 73.2. The molecular formula is C9H10F4N2O2S. The molecule has 0 saturated heterocycles. The molecule has 1 aromatic rings. The lowest BCUT2D eigenvalue weighted by atomic mass is 10.2. The summed E-state index contributed by atoms with van der Waals surface area (Å²) in [5.41, 5.74) is 5.55. The van der Waals surface area contributed by atoms with Crippen LogP contribution in [0.4, 0.5) is 17.6 Å². The van der Waals surface area contributed by atoms with Crippen molar-refractivity contribution in [3.63, 3.8) is 0 Å². The summed E-state index contributed by atoms with van der Waals surface area (Å²) in [5, 5.41) is 0. The lowest BCUT2D eigenvalue weighted by Crippen LogP contribution is -2.34. The van der Waals surface area contributed by atoms with E-state index in [1.54, 1.807) is 0 Å². The van der Waals surface area contributed by atoms with Gasteiger partial charge in [-0.2, -0.15) is 13.2 Å².